The van der Waals surface area contributed by atoms with E-state index in [0.29, 0.717) is 13.2 Å². The highest BCUT2D eigenvalue weighted by Crippen LogP contribution is 2.28. The summed E-state index contributed by atoms with van der Waals surface area (Å²) in [5.41, 5.74) is 3.04. The van der Waals surface area contributed by atoms with Gasteiger partial charge in [0, 0.05) is 5.56 Å². The van der Waals surface area contributed by atoms with Crippen molar-refractivity contribution in [2.75, 3.05) is 13.2 Å². The van der Waals surface area contributed by atoms with Crippen molar-refractivity contribution in [2.45, 2.75) is 6.29 Å². The Morgan fingerprint density at radius 2 is 1.65 bits per heavy atom. The molecule has 1 aliphatic rings. The Hall–Kier alpha value is -2.17. The average molecular weight is 270 g/mol. The van der Waals surface area contributed by atoms with Gasteiger partial charge in [0.1, 0.15) is 0 Å². The molecule has 0 aromatic heterocycles. The molecule has 0 aliphatic carbocycles. The Labute approximate surface area is 116 Å². The molecule has 4 nitrogen and oxygen atoms in total. The van der Waals surface area contributed by atoms with E-state index in [0.717, 1.165) is 16.7 Å². The maximum Gasteiger partial charge on any atom is 0.335 e. The van der Waals surface area contributed by atoms with E-state index in [2.05, 4.69) is 0 Å². The molecule has 1 fully saturated rings. The molecule has 4 heteroatoms. The minimum atomic E-state index is -0.925. The van der Waals surface area contributed by atoms with E-state index >= 15 is 0 Å². The van der Waals surface area contributed by atoms with Crippen LogP contribution in [0.2, 0.25) is 0 Å². The van der Waals surface area contributed by atoms with Crippen LogP contribution in [0.15, 0.2) is 48.5 Å². The van der Waals surface area contributed by atoms with Crippen LogP contribution in [0, 0.1) is 0 Å². The van der Waals surface area contributed by atoms with Crippen LogP contribution in [0.4, 0.5) is 0 Å². The van der Waals surface area contributed by atoms with Gasteiger partial charge in [-0.05, 0) is 29.3 Å². The van der Waals surface area contributed by atoms with Crippen LogP contribution in [-0.2, 0) is 9.47 Å². The van der Waals surface area contributed by atoms with Gasteiger partial charge in [0.05, 0.1) is 18.8 Å². The minimum absolute atomic E-state index is 0.279. The van der Waals surface area contributed by atoms with Gasteiger partial charge in [0.15, 0.2) is 6.29 Å². The Kier molecular flexibility index (Phi) is 3.50. The summed E-state index contributed by atoms with van der Waals surface area (Å²) in [6.07, 6.45) is -0.322. The highest BCUT2D eigenvalue weighted by Gasteiger charge is 2.18. The number of hydrogen-bond donors (Lipinski definition) is 1. The van der Waals surface area contributed by atoms with Crippen molar-refractivity contribution in [1.82, 2.24) is 0 Å². The number of aromatic carboxylic acids is 1. The molecule has 20 heavy (non-hydrogen) atoms. The Morgan fingerprint density at radius 3 is 2.35 bits per heavy atom. The predicted molar refractivity (Wildman–Crippen MR) is 73.5 cm³/mol. The fourth-order valence-electron chi connectivity index (χ4n) is 2.25. The fraction of sp³-hybridized carbons (Fsp3) is 0.188. The van der Waals surface area contributed by atoms with Crippen LogP contribution in [-0.4, -0.2) is 24.3 Å². The van der Waals surface area contributed by atoms with E-state index in [1.54, 1.807) is 18.2 Å². The summed E-state index contributed by atoms with van der Waals surface area (Å²) in [6, 6.07) is 14.7. The summed E-state index contributed by atoms with van der Waals surface area (Å²) in [5, 5.41) is 9.04. The zero-order valence-corrected chi connectivity index (χ0v) is 10.8. The van der Waals surface area contributed by atoms with E-state index < -0.39 is 5.97 Å². The van der Waals surface area contributed by atoms with Gasteiger partial charge in [-0.25, -0.2) is 4.79 Å². The molecule has 3 rings (SSSR count). The van der Waals surface area contributed by atoms with Crippen LogP contribution in [0.5, 0.6) is 0 Å². The molecule has 102 valence electrons. The molecular formula is C16H14O4. The third-order valence-corrected chi connectivity index (χ3v) is 3.22. The van der Waals surface area contributed by atoms with Gasteiger partial charge in [-0.15, -0.1) is 0 Å². The molecule has 1 saturated heterocycles. The summed E-state index contributed by atoms with van der Waals surface area (Å²) >= 11 is 0. The van der Waals surface area contributed by atoms with Crippen LogP contribution in [0.1, 0.15) is 22.2 Å². The normalized spacial score (nSPS) is 15.4. The van der Waals surface area contributed by atoms with E-state index in [9.17, 15) is 4.79 Å². The van der Waals surface area contributed by atoms with E-state index in [4.69, 9.17) is 14.6 Å². The van der Waals surface area contributed by atoms with Crippen molar-refractivity contribution >= 4 is 5.97 Å². The largest absolute Gasteiger partial charge is 0.478 e. The van der Waals surface area contributed by atoms with Gasteiger partial charge in [-0.3, -0.25) is 0 Å². The first-order valence-corrected chi connectivity index (χ1v) is 6.41. The molecule has 0 bridgehead atoms. The summed E-state index contributed by atoms with van der Waals surface area (Å²) in [5.74, 6) is -0.925. The zero-order valence-electron chi connectivity index (χ0n) is 10.8. The lowest BCUT2D eigenvalue weighted by atomic mass is 10.0. The number of carbonyl (C=O) groups is 1. The fourth-order valence-corrected chi connectivity index (χ4v) is 2.25. The van der Waals surface area contributed by atoms with Crippen molar-refractivity contribution in [3.8, 4) is 11.1 Å². The SMILES string of the molecule is O=C(O)c1cccc(-c2cccc(C3OCCO3)c2)c1. The molecular weight excluding hydrogens is 256 g/mol. The molecule has 1 aliphatic heterocycles. The lowest BCUT2D eigenvalue weighted by molar-refractivity contribution is -0.0440. The number of hydrogen-bond acceptors (Lipinski definition) is 3. The molecule has 2 aromatic rings. The van der Waals surface area contributed by atoms with E-state index in [1.165, 1.54) is 0 Å². The molecule has 0 amide bonds. The van der Waals surface area contributed by atoms with Crippen molar-refractivity contribution in [1.29, 1.82) is 0 Å². The number of ether oxygens (including phenoxy) is 2. The Balaban J connectivity index is 1.95. The molecule has 1 N–H and O–H groups in total. The minimum Gasteiger partial charge on any atom is -0.478 e. The van der Waals surface area contributed by atoms with Crippen LogP contribution in [0.25, 0.3) is 11.1 Å². The summed E-state index contributed by atoms with van der Waals surface area (Å²) in [4.78, 5) is 11.0. The second-order valence-electron chi connectivity index (χ2n) is 4.58. The van der Waals surface area contributed by atoms with Gasteiger partial charge in [-0.1, -0.05) is 30.3 Å². The highest BCUT2D eigenvalue weighted by molar-refractivity contribution is 5.89. The highest BCUT2D eigenvalue weighted by atomic mass is 16.7. The third-order valence-electron chi connectivity index (χ3n) is 3.22. The summed E-state index contributed by atoms with van der Waals surface area (Å²) in [7, 11) is 0. The monoisotopic (exact) mass is 270 g/mol. The predicted octanol–water partition coefficient (Wildman–Crippen LogP) is 3.10. The molecule has 0 atom stereocenters. The van der Waals surface area contributed by atoms with E-state index in [-0.39, 0.29) is 11.9 Å². The molecule has 0 saturated carbocycles. The molecule has 2 aromatic carbocycles. The van der Waals surface area contributed by atoms with Gasteiger partial charge in [0.25, 0.3) is 0 Å². The van der Waals surface area contributed by atoms with E-state index in [1.807, 2.05) is 30.3 Å². The number of carboxylic acids is 1. The maximum absolute atomic E-state index is 11.0. The average Bonchev–Trinajstić information content (AvgIpc) is 3.02. The first kappa shape index (κ1) is 12.8. The van der Waals surface area contributed by atoms with Gasteiger partial charge in [-0.2, -0.15) is 0 Å². The lowest BCUT2D eigenvalue weighted by Crippen LogP contribution is -1.98. The summed E-state index contributed by atoms with van der Waals surface area (Å²) in [6.45, 7) is 1.20. The smallest absolute Gasteiger partial charge is 0.335 e. The summed E-state index contributed by atoms with van der Waals surface area (Å²) < 4.78 is 11.0. The van der Waals surface area contributed by atoms with Crippen LogP contribution < -0.4 is 0 Å². The Bertz CT molecular complexity index is 630. The third kappa shape index (κ3) is 2.57. The molecule has 0 radical (unpaired) electrons. The first-order chi connectivity index (χ1) is 9.74. The van der Waals surface area contributed by atoms with Gasteiger partial charge < -0.3 is 14.6 Å². The lowest BCUT2D eigenvalue weighted by Gasteiger charge is -2.11. The molecule has 0 unspecified atom stereocenters. The second-order valence-corrected chi connectivity index (χ2v) is 4.58. The second kappa shape index (κ2) is 5.45. The van der Waals surface area contributed by atoms with Gasteiger partial charge in [0.2, 0.25) is 0 Å². The zero-order chi connectivity index (χ0) is 13.9. The quantitative estimate of drug-likeness (QED) is 0.931. The van der Waals surface area contributed by atoms with Crippen molar-refractivity contribution < 1.29 is 19.4 Å². The first-order valence-electron chi connectivity index (χ1n) is 6.41. The van der Waals surface area contributed by atoms with Crippen molar-refractivity contribution in [3.05, 3.63) is 59.7 Å². The van der Waals surface area contributed by atoms with Gasteiger partial charge >= 0.3 is 5.97 Å². The van der Waals surface area contributed by atoms with Crippen molar-refractivity contribution in [3.63, 3.8) is 0 Å². The van der Waals surface area contributed by atoms with Crippen LogP contribution >= 0.6 is 0 Å². The topological polar surface area (TPSA) is 55.8 Å². The number of rotatable bonds is 3. The molecule has 1 heterocycles. The van der Waals surface area contributed by atoms with Crippen LogP contribution in [0.3, 0.4) is 0 Å². The number of benzene rings is 2. The van der Waals surface area contributed by atoms with Crippen molar-refractivity contribution in [2.24, 2.45) is 0 Å². The molecule has 0 spiro atoms. The standard InChI is InChI=1S/C16H14O4/c17-15(18)13-5-1-3-11(9-13)12-4-2-6-14(10-12)16-19-7-8-20-16/h1-6,9-10,16H,7-8H2,(H,17,18). The Morgan fingerprint density at radius 1 is 1.00 bits per heavy atom. The number of carboxylic acid groups (broad SMARTS) is 1. The maximum atomic E-state index is 11.0.